The van der Waals surface area contributed by atoms with Crippen molar-refractivity contribution in [3.8, 4) is 0 Å². The van der Waals surface area contributed by atoms with E-state index >= 15 is 0 Å². The first-order chi connectivity index (χ1) is 12.1. The van der Waals surface area contributed by atoms with Crippen molar-refractivity contribution in [3.05, 3.63) is 42.0 Å². The first-order valence-corrected chi connectivity index (χ1v) is 11.8. The highest BCUT2D eigenvalue weighted by atomic mass is 35.5. The smallest absolute Gasteiger partial charge is 0.231 e. The van der Waals surface area contributed by atoms with Crippen molar-refractivity contribution < 1.29 is 12.4 Å². The molecule has 26 heavy (non-hydrogen) atoms. The van der Waals surface area contributed by atoms with Gasteiger partial charge >= 0.3 is 0 Å². The van der Waals surface area contributed by atoms with Crippen LogP contribution < -0.4 is 12.4 Å². The minimum Gasteiger partial charge on any atom is -1.00 e. The molecule has 0 spiro atoms. The maximum Gasteiger partial charge on any atom is 0.231 e. The lowest BCUT2D eigenvalue weighted by atomic mass is 10.1. The number of rotatable bonds is 12. The quantitative estimate of drug-likeness (QED) is 0.500. The molecule has 1 aromatic rings. The highest BCUT2D eigenvalue weighted by Gasteiger charge is 2.53. The van der Waals surface area contributed by atoms with E-state index in [-0.39, 0.29) is 12.4 Å². The minimum atomic E-state index is -1.60. The lowest BCUT2D eigenvalue weighted by Gasteiger charge is -2.46. The van der Waals surface area contributed by atoms with Crippen LogP contribution in [-0.2, 0) is 6.16 Å². The lowest BCUT2D eigenvalue weighted by molar-refractivity contribution is -0.00000610. The zero-order valence-corrected chi connectivity index (χ0v) is 19.4. The predicted molar refractivity (Wildman–Crippen MR) is 116 cm³/mol. The van der Waals surface area contributed by atoms with E-state index in [0.717, 1.165) is 45.4 Å². The van der Waals surface area contributed by atoms with E-state index in [1.165, 1.54) is 11.1 Å². The van der Waals surface area contributed by atoms with Gasteiger partial charge in [0.15, 0.2) is 0 Å². The highest BCUT2D eigenvalue weighted by Crippen LogP contribution is 2.69. The molecule has 0 unspecified atom stereocenters. The van der Waals surface area contributed by atoms with Crippen LogP contribution >= 0.6 is 7.71 Å². The topological polar surface area (TPSA) is 9.72 Å². The molecule has 0 aliphatic heterocycles. The molecule has 0 atom stereocenters. The van der Waals surface area contributed by atoms with Crippen LogP contribution in [0.5, 0.6) is 0 Å². The van der Waals surface area contributed by atoms with Crippen molar-refractivity contribution in [1.29, 1.82) is 0 Å². The van der Waals surface area contributed by atoms with Crippen LogP contribution in [-0.4, -0.2) is 53.3 Å². The van der Waals surface area contributed by atoms with Crippen LogP contribution in [0.25, 0.3) is 6.08 Å². The van der Waals surface area contributed by atoms with Crippen LogP contribution in [0.15, 0.2) is 30.8 Å². The largest absolute Gasteiger partial charge is 1.00 e. The summed E-state index contributed by atoms with van der Waals surface area (Å²) in [6.07, 6.45) is 3.04. The first kappa shape index (κ1) is 25.6. The third-order valence-corrected chi connectivity index (χ3v) is 10.4. The Kier molecular flexibility index (Phi) is 12.6. The Bertz CT molecular complexity index is 463. The highest BCUT2D eigenvalue weighted by molar-refractivity contribution is 7.68. The van der Waals surface area contributed by atoms with Crippen LogP contribution in [0.1, 0.15) is 52.7 Å². The van der Waals surface area contributed by atoms with Gasteiger partial charge in [0.25, 0.3) is 0 Å². The second-order valence-corrected chi connectivity index (χ2v) is 9.61. The van der Waals surface area contributed by atoms with Crippen molar-refractivity contribution in [1.82, 2.24) is 14.0 Å². The molecule has 150 valence electrons. The van der Waals surface area contributed by atoms with Crippen LogP contribution in [0.3, 0.4) is 0 Å². The number of hydrogen-bond acceptors (Lipinski definition) is 3. The molecule has 1 aromatic carbocycles. The van der Waals surface area contributed by atoms with Gasteiger partial charge in [-0.2, -0.15) is 0 Å². The molecule has 1 rings (SSSR count). The first-order valence-electron chi connectivity index (χ1n) is 9.93. The Balaban J connectivity index is 0.00000625. The normalized spacial score (nSPS) is 11.9. The summed E-state index contributed by atoms with van der Waals surface area (Å²) in [6.45, 7) is 24.3. The standard InChI is InChI=1S/C21H39N3P.ClH/c1-8-20-15-17-21(18-16-20)19-25(22(9-2)10-3,23(11-4)12-5)24(13-6)14-7;/h8,15-18H,1,9-14,19H2,2-7H3;1H/q+1;/p-1. The van der Waals surface area contributed by atoms with Crippen LogP contribution in [0.4, 0.5) is 0 Å². The fraction of sp³-hybridized carbons (Fsp3) is 0.619. The van der Waals surface area contributed by atoms with Crippen molar-refractivity contribution in [2.24, 2.45) is 0 Å². The number of nitrogens with zero attached hydrogens (tertiary/aromatic N) is 3. The maximum absolute atomic E-state index is 3.88. The van der Waals surface area contributed by atoms with E-state index in [2.05, 4.69) is 86.4 Å². The Labute approximate surface area is 169 Å². The molecule has 0 radical (unpaired) electrons. The van der Waals surface area contributed by atoms with E-state index in [1.54, 1.807) is 0 Å². The SMILES string of the molecule is C=Cc1ccc(C[P+](N(CC)CC)(N(CC)CC)N(CC)CC)cc1.[Cl-]. The Hall–Kier alpha value is -0.440. The number of halogens is 1. The van der Waals surface area contributed by atoms with E-state index in [1.807, 2.05) is 6.08 Å². The third-order valence-electron chi connectivity index (χ3n) is 5.16. The van der Waals surface area contributed by atoms with Gasteiger partial charge in [0.2, 0.25) is 7.71 Å². The molecular weight excluding hydrogens is 361 g/mol. The number of benzene rings is 1. The van der Waals surface area contributed by atoms with Gasteiger partial charge in [0.1, 0.15) is 6.16 Å². The zero-order chi connectivity index (χ0) is 18.9. The van der Waals surface area contributed by atoms with Crippen molar-refractivity contribution in [2.45, 2.75) is 47.7 Å². The monoisotopic (exact) mass is 399 g/mol. The molecule has 3 nitrogen and oxygen atoms in total. The summed E-state index contributed by atoms with van der Waals surface area (Å²) >= 11 is 0. The van der Waals surface area contributed by atoms with Gasteiger partial charge in [-0.3, -0.25) is 0 Å². The molecule has 0 amide bonds. The summed E-state index contributed by atoms with van der Waals surface area (Å²) < 4.78 is 8.23. The number of hydrogen-bond donors (Lipinski definition) is 0. The molecule has 0 aromatic heterocycles. The summed E-state index contributed by atoms with van der Waals surface area (Å²) in [5, 5.41) is 0. The van der Waals surface area contributed by atoms with E-state index in [0.29, 0.717) is 0 Å². The van der Waals surface area contributed by atoms with Gasteiger partial charge in [-0.05, 0) is 52.7 Å². The average molecular weight is 400 g/mol. The van der Waals surface area contributed by atoms with Gasteiger partial charge in [-0.25, -0.2) is 0 Å². The van der Waals surface area contributed by atoms with Crippen molar-refractivity contribution >= 4 is 13.8 Å². The fourth-order valence-corrected chi connectivity index (χ4v) is 8.96. The molecule has 0 aliphatic rings. The van der Waals surface area contributed by atoms with Gasteiger partial charge in [-0.1, -0.05) is 36.9 Å². The molecule has 0 saturated carbocycles. The molecular formula is C21H39ClN3P. The van der Waals surface area contributed by atoms with Gasteiger partial charge in [0.05, 0.1) is 0 Å². The second kappa shape index (κ2) is 12.9. The van der Waals surface area contributed by atoms with Gasteiger partial charge in [-0.15, -0.1) is 14.0 Å². The van der Waals surface area contributed by atoms with E-state index in [4.69, 9.17) is 0 Å². The molecule has 0 fully saturated rings. The summed E-state index contributed by atoms with van der Waals surface area (Å²) in [5.74, 6) is 0. The molecule has 0 N–H and O–H groups in total. The maximum atomic E-state index is 3.88. The van der Waals surface area contributed by atoms with Gasteiger partial charge < -0.3 is 12.4 Å². The summed E-state index contributed by atoms with van der Waals surface area (Å²) in [4.78, 5) is 0. The summed E-state index contributed by atoms with van der Waals surface area (Å²) in [5.41, 5.74) is 2.63. The van der Waals surface area contributed by atoms with Gasteiger partial charge in [0, 0.05) is 39.3 Å². The van der Waals surface area contributed by atoms with E-state index in [9.17, 15) is 0 Å². The van der Waals surface area contributed by atoms with Crippen molar-refractivity contribution in [2.75, 3.05) is 39.3 Å². The van der Waals surface area contributed by atoms with Crippen LogP contribution in [0, 0.1) is 0 Å². The average Bonchev–Trinajstić information content (AvgIpc) is 2.65. The molecule has 0 bridgehead atoms. The summed E-state index contributed by atoms with van der Waals surface area (Å²) in [7, 11) is -1.60. The molecule has 0 aliphatic carbocycles. The third kappa shape index (κ3) is 5.53. The predicted octanol–water partition coefficient (Wildman–Crippen LogP) is 2.62. The van der Waals surface area contributed by atoms with E-state index < -0.39 is 7.71 Å². The molecule has 0 saturated heterocycles. The Morgan fingerprint density at radius 3 is 1.35 bits per heavy atom. The lowest BCUT2D eigenvalue weighted by Crippen LogP contribution is -3.00. The molecule has 0 heterocycles. The summed E-state index contributed by atoms with van der Waals surface area (Å²) in [6, 6.07) is 8.98. The van der Waals surface area contributed by atoms with Crippen molar-refractivity contribution in [3.63, 3.8) is 0 Å². The Morgan fingerprint density at radius 2 is 1.08 bits per heavy atom. The fourth-order valence-electron chi connectivity index (χ4n) is 3.87. The van der Waals surface area contributed by atoms with Crippen LogP contribution in [0.2, 0.25) is 0 Å². The zero-order valence-electron chi connectivity index (χ0n) is 17.7. The second-order valence-electron chi connectivity index (χ2n) is 6.21. The minimum absolute atomic E-state index is 0. The Morgan fingerprint density at radius 1 is 0.731 bits per heavy atom. The molecule has 5 heteroatoms.